The van der Waals surface area contributed by atoms with Gasteiger partial charge in [0.25, 0.3) is 0 Å². The minimum absolute atomic E-state index is 0.563. The molecule has 2 aromatic rings. The van der Waals surface area contributed by atoms with E-state index in [9.17, 15) is 0 Å². The van der Waals surface area contributed by atoms with Gasteiger partial charge in [0.1, 0.15) is 5.69 Å². The maximum absolute atomic E-state index is 6.13. The van der Waals surface area contributed by atoms with Crippen LogP contribution in [-0.4, -0.2) is 60.8 Å². The van der Waals surface area contributed by atoms with E-state index in [1.165, 1.54) is 31.0 Å². The molecule has 0 aliphatic carbocycles. The van der Waals surface area contributed by atoms with Crippen LogP contribution in [0, 0.1) is 0 Å². The molecule has 0 aromatic carbocycles. The molecule has 3 rings (SSSR count). The number of rotatable bonds is 5. The van der Waals surface area contributed by atoms with Crippen molar-refractivity contribution in [1.29, 1.82) is 0 Å². The van der Waals surface area contributed by atoms with E-state index in [0.717, 1.165) is 24.4 Å². The van der Waals surface area contributed by atoms with E-state index in [-0.39, 0.29) is 0 Å². The van der Waals surface area contributed by atoms with Gasteiger partial charge in [0, 0.05) is 44.7 Å². The molecular weight excluding hydrogens is 320 g/mol. The fourth-order valence-corrected chi connectivity index (χ4v) is 3.75. The zero-order chi connectivity index (χ0) is 15.4. The van der Waals surface area contributed by atoms with Gasteiger partial charge in [0.2, 0.25) is 0 Å². The summed E-state index contributed by atoms with van der Waals surface area (Å²) in [5.74, 6) is 2.53. The van der Waals surface area contributed by atoms with Crippen LogP contribution in [0.3, 0.4) is 0 Å². The first kappa shape index (κ1) is 15.8. The third-order valence-corrected chi connectivity index (χ3v) is 5.12. The summed E-state index contributed by atoms with van der Waals surface area (Å²) in [6.07, 6.45) is 6.03. The molecule has 8 heteroatoms. The standard InChI is InChI=1S/C14H21ClN6S/c1-19-10-13(15)14(17-19)11-21-9-12(16-18-21)3-5-20-4-2-7-22-8-6-20/h9-10H,2-8,11H2,1H3. The Bertz CT molecular complexity index is 602. The van der Waals surface area contributed by atoms with Gasteiger partial charge in [0.15, 0.2) is 0 Å². The minimum atomic E-state index is 0.563. The Balaban J connectivity index is 1.53. The molecule has 1 aliphatic heterocycles. The Hall–Kier alpha value is -1.05. The highest BCUT2D eigenvalue weighted by atomic mass is 35.5. The Morgan fingerprint density at radius 1 is 1.27 bits per heavy atom. The quantitative estimate of drug-likeness (QED) is 0.829. The topological polar surface area (TPSA) is 51.8 Å². The van der Waals surface area contributed by atoms with Crippen molar-refractivity contribution >= 4 is 23.4 Å². The van der Waals surface area contributed by atoms with E-state index in [0.29, 0.717) is 11.6 Å². The number of aryl methyl sites for hydroxylation is 1. The summed E-state index contributed by atoms with van der Waals surface area (Å²) < 4.78 is 3.52. The molecule has 120 valence electrons. The van der Waals surface area contributed by atoms with Gasteiger partial charge in [-0.05, 0) is 18.7 Å². The number of nitrogens with zero attached hydrogens (tertiary/aromatic N) is 6. The van der Waals surface area contributed by atoms with Crippen molar-refractivity contribution in [3.63, 3.8) is 0 Å². The molecule has 22 heavy (non-hydrogen) atoms. The summed E-state index contributed by atoms with van der Waals surface area (Å²) in [6.45, 7) is 4.00. The molecule has 1 aliphatic rings. The van der Waals surface area contributed by atoms with Gasteiger partial charge in [0.05, 0.1) is 17.3 Å². The van der Waals surface area contributed by atoms with E-state index in [1.54, 1.807) is 10.9 Å². The highest BCUT2D eigenvalue weighted by Crippen LogP contribution is 2.14. The van der Waals surface area contributed by atoms with Gasteiger partial charge >= 0.3 is 0 Å². The predicted octanol–water partition coefficient (Wildman–Crippen LogP) is 1.69. The van der Waals surface area contributed by atoms with Gasteiger partial charge in [-0.25, -0.2) is 4.68 Å². The second-order valence-corrected chi connectivity index (χ2v) is 7.19. The maximum atomic E-state index is 6.13. The molecule has 1 saturated heterocycles. The van der Waals surface area contributed by atoms with Gasteiger partial charge in [-0.2, -0.15) is 16.9 Å². The largest absolute Gasteiger partial charge is 0.302 e. The number of hydrogen-bond donors (Lipinski definition) is 0. The van der Waals surface area contributed by atoms with Crippen LogP contribution in [0.25, 0.3) is 0 Å². The first-order valence-corrected chi connectivity index (χ1v) is 9.11. The predicted molar refractivity (Wildman–Crippen MR) is 89.4 cm³/mol. The highest BCUT2D eigenvalue weighted by Gasteiger charge is 2.11. The van der Waals surface area contributed by atoms with Gasteiger partial charge in [-0.1, -0.05) is 16.8 Å². The van der Waals surface area contributed by atoms with Crippen molar-refractivity contribution in [2.24, 2.45) is 7.05 Å². The molecule has 0 atom stereocenters. The Kier molecular flexibility index (Phi) is 5.38. The van der Waals surface area contributed by atoms with Gasteiger partial charge in [-0.3, -0.25) is 4.68 Å². The van der Waals surface area contributed by atoms with E-state index < -0.39 is 0 Å². The van der Waals surface area contributed by atoms with Crippen LogP contribution >= 0.6 is 23.4 Å². The smallest absolute Gasteiger partial charge is 0.103 e. The van der Waals surface area contributed by atoms with Crippen LogP contribution < -0.4 is 0 Å². The minimum Gasteiger partial charge on any atom is -0.302 e. The van der Waals surface area contributed by atoms with Crippen LogP contribution in [0.2, 0.25) is 5.02 Å². The lowest BCUT2D eigenvalue weighted by molar-refractivity contribution is 0.298. The van der Waals surface area contributed by atoms with Crippen molar-refractivity contribution in [3.05, 3.63) is 28.8 Å². The summed E-state index contributed by atoms with van der Waals surface area (Å²) in [6, 6.07) is 0. The number of aromatic nitrogens is 5. The van der Waals surface area contributed by atoms with E-state index >= 15 is 0 Å². The molecule has 0 amide bonds. The zero-order valence-electron chi connectivity index (χ0n) is 12.8. The van der Waals surface area contributed by atoms with E-state index in [1.807, 2.05) is 17.9 Å². The van der Waals surface area contributed by atoms with Crippen LogP contribution in [-0.2, 0) is 20.0 Å². The molecule has 6 nitrogen and oxygen atoms in total. The fraction of sp³-hybridized carbons (Fsp3) is 0.643. The molecule has 0 N–H and O–H groups in total. The lowest BCUT2D eigenvalue weighted by Gasteiger charge is -2.18. The molecule has 0 saturated carbocycles. The summed E-state index contributed by atoms with van der Waals surface area (Å²) in [5, 5.41) is 13.4. The number of thioether (sulfide) groups is 1. The van der Waals surface area contributed by atoms with Crippen molar-refractivity contribution in [1.82, 2.24) is 29.7 Å². The van der Waals surface area contributed by atoms with Crippen LogP contribution in [0.5, 0.6) is 0 Å². The van der Waals surface area contributed by atoms with E-state index in [4.69, 9.17) is 11.6 Å². The van der Waals surface area contributed by atoms with Crippen LogP contribution in [0.4, 0.5) is 0 Å². The highest BCUT2D eigenvalue weighted by molar-refractivity contribution is 7.99. The Morgan fingerprint density at radius 3 is 3.00 bits per heavy atom. The lowest BCUT2D eigenvalue weighted by Crippen LogP contribution is -2.28. The average molecular weight is 341 g/mol. The summed E-state index contributed by atoms with van der Waals surface area (Å²) >= 11 is 8.18. The molecule has 1 fully saturated rings. The van der Waals surface area contributed by atoms with Crippen molar-refractivity contribution in [2.45, 2.75) is 19.4 Å². The zero-order valence-corrected chi connectivity index (χ0v) is 14.4. The van der Waals surface area contributed by atoms with Crippen molar-refractivity contribution < 1.29 is 0 Å². The summed E-state index contributed by atoms with van der Waals surface area (Å²) in [5.41, 5.74) is 1.86. The summed E-state index contributed by atoms with van der Waals surface area (Å²) in [4.78, 5) is 2.52. The van der Waals surface area contributed by atoms with Crippen molar-refractivity contribution in [2.75, 3.05) is 31.1 Å². The SMILES string of the molecule is Cn1cc(Cl)c(Cn2cc(CCN3CCCSCC3)nn2)n1. The first-order chi connectivity index (χ1) is 10.7. The lowest BCUT2D eigenvalue weighted by atomic mass is 10.3. The third-order valence-electron chi connectivity index (χ3n) is 3.75. The molecule has 0 spiro atoms. The van der Waals surface area contributed by atoms with Crippen LogP contribution in [0.15, 0.2) is 12.4 Å². The van der Waals surface area contributed by atoms with Crippen LogP contribution in [0.1, 0.15) is 17.8 Å². The molecule has 2 aromatic heterocycles. The van der Waals surface area contributed by atoms with Crippen molar-refractivity contribution in [3.8, 4) is 0 Å². The second kappa shape index (κ2) is 7.48. The second-order valence-electron chi connectivity index (χ2n) is 5.56. The number of halogens is 1. The maximum Gasteiger partial charge on any atom is 0.103 e. The Labute approximate surface area is 139 Å². The fourth-order valence-electron chi connectivity index (χ4n) is 2.59. The molecule has 3 heterocycles. The molecule has 0 bridgehead atoms. The first-order valence-electron chi connectivity index (χ1n) is 7.58. The Morgan fingerprint density at radius 2 is 2.18 bits per heavy atom. The van der Waals surface area contributed by atoms with E-state index in [2.05, 4.69) is 32.1 Å². The van der Waals surface area contributed by atoms with Gasteiger partial charge in [-0.15, -0.1) is 5.10 Å². The normalized spacial score (nSPS) is 16.8. The number of hydrogen-bond acceptors (Lipinski definition) is 5. The van der Waals surface area contributed by atoms with Gasteiger partial charge < -0.3 is 4.90 Å². The third kappa shape index (κ3) is 4.24. The summed E-state index contributed by atoms with van der Waals surface area (Å²) in [7, 11) is 1.86. The molecule has 0 radical (unpaired) electrons. The average Bonchev–Trinajstić information content (AvgIpc) is 2.94. The molecular formula is C14H21ClN6S. The monoisotopic (exact) mass is 340 g/mol. The molecule has 0 unspecified atom stereocenters.